The van der Waals surface area contributed by atoms with Crippen LogP contribution in [0.25, 0.3) is 23.8 Å². The molecular formula is C36H26O8. The van der Waals surface area contributed by atoms with Gasteiger partial charge in [-0.15, -0.1) is 0 Å². The van der Waals surface area contributed by atoms with Crippen LogP contribution in [0.5, 0.6) is 0 Å². The van der Waals surface area contributed by atoms with Gasteiger partial charge in [0, 0.05) is 5.56 Å². The van der Waals surface area contributed by atoms with Crippen molar-refractivity contribution >= 4 is 47.7 Å². The van der Waals surface area contributed by atoms with Crippen molar-refractivity contribution in [2.75, 3.05) is 0 Å². The van der Waals surface area contributed by atoms with E-state index in [4.69, 9.17) is 0 Å². The lowest BCUT2D eigenvalue weighted by molar-refractivity contribution is -0.134. The first-order chi connectivity index (χ1) is 21.2. The van der Waals surface area contributed by atoms with Crippen LogP contribution in [-0.2, 0) is 9.59 Å². The minimum Gasteiger partial charge on any atom is -0.478 e. The summed E-state index contributed by atoms with van der Waals surface area (Å²) in [6, 6.07) is 30.0. The second kappa shape index (κ2) is 14.1. The molecule has 0 spiro atoms. The van der Waals surface area contributed by atoms with Crippen LogP contribution in [0.3, 0.4) is 0 Å². The Hall–Kier alpha value is -6.28. The summed E-state index contributed by atoms with van der Waals surface area (Å²) in [5.41, 5.74) is -1.45. The zero-order valence-electron chi connectivity index (χ0n) is 23.1. The monoisotopic (exact) mass is 586 g/mol. The van der Waals surface area contributed by atoms with Gasteiger partial charge in [-0.05, 0) is 46.1 Å². The molecule has 0 aliphatic heterocycles. The molecule has 8 heteroatoms. The summed E-state index contributed by atoms with van der Waals surface area (Å²) in [5, 5.41) is 40.7. The van der Waals surface area contributed by atoms with Gasteiger partial charge in [0.05, 0.1) is 22.3 Å². The minimum atomic E-state index is -1.75. The fraction of sp³-hybridized carbons (Fsp3) is 0. The Morgan fingerprint density at radius 2 is 1.00 bits per heavy atom. The zero-order chi connectivity index (χ0) is 31.6. The molecule has 218 valence electrons. The van der Waals surface area contributed by atoms with Crippen molar-refractivity contribution in [2.24, 2.45) is 0 Å². The Labute approximate surface area is 252 Å². The number of aromatic carboxylic acids is 2. The Kier molecular flexibility index (Phi) is 9.80. The van der Waals surface area contributed by atoms with Gasteiger partial charge in [0.2, 0.25) is 0 Å². The fourth-order valence-corrected chi connectivity index (χ4v) is 4.59. The quantitative estimate of drug-likeness (QED) is 0.110. The molecule has 0 aromatic heterocycles. The SMILES string of the molecule is O=C(O)C(C(=Cc1ccccc1)C(C=Cc1ccccc1)=Cc1ccccc1)=C(C(=O)O)c1cccc(C(=O)O)c1C(=O)O. The number of hydrogen-bond acceptors (Lipinski definition) is 4. The fourth-order valence-electron chi connectivity index (χ4n) is 4.59. The van der Waals surface area contributed by atoms with E-state index in [1.807, 2.05) is 36.4 Å². The number of benzene rings is 4. The summed E-state index contributed by atoms with van der Waals surface area (Å²) in [5.74, 6) is -6.74. The highest BCUT2D eigenvalue weighted by molar-refractivity contribution is 6.26. The second-order valence-electron chi connectivity index (χ2n) is 9.42. The first kappa shape index (κ1) is 30.7. The van der Waals surface area contributed by atoms with E-state index in [0.717, 1.165) is 17.7 Å². The smallest absolute Gasteiger partial charge is 0.337 e. The molecule has 4 aromatic rings. The topological polar surface area (TPSA) is 149 Å². The number of carboxylic acids is 4. The highest BCUT2D eigenvalue weighted by Gasteiger charge is 2.31. The Bertz CT molecular complexity index is 1830. The normalized spacial score (nSPS) is 12.5. The van der Waals surface area contributed by atoms with E-state index >= 15 is 0 Å². The van der Waals surface area contributed by atoms with E-state index in [2.05, 4.69) is 0 Å². The first-order valence-electron chi connectivity index (χ1n) is 13.3. The summed E-state index contributed by atoms with van der Waals surface area (Å²) in [6.07, 6.45) is 6.56. The molecule has 0 unspecified atom stereocenters. The molecule has 0 aliphatic rings. The molecule has 0 aliphatic carbocycles. The largest absolute Gasteiger partial charge is 0.478 e. The molecule has 4 aromatic carbocycles. The molecule has 0 radical (unpaired) electrons. The predicted molar refractivity (Wildman–Crippen MR) is 167 cm³/mol. The summed E-state index contributed by atoms with van der Waals surface area (Å²) in [6.45, 7) is 0. The van der Waals surface area contributed by atoms with E-state index in [9.17, 15) is 39.6 Å². The number of carbonyl (C=O) groups is 4. The second-order valence-corrected chi connectivity index (χ2v) is 9.42. The van der Waals surface area contributed by atoms with E-state index in [1.165, 1.54) is 12.1 Å². The molecule has 44 heavy (non-hydrogen) atoms. The summed E-state index contributed by atoms with van der Waals surface area (Å²) in [4.78, 5) is 50.2. The summed E-state index contributed by atoms with van der Waals surface area (Å²) >= 11 is 0. The lowest BCUT2D eigenvalue weighted by Gasteiger charge is -2.17. The predicted octanol–water partition coefficient (Wildman–Crippen LogP) is 6.89. The molecule has 4 rings (SSSR count). The lowest BCUT2D eigenvalue weighted by atomic mass is 9.85. The molecule has 0 heterocycles. The third-order valence-electron chi connectivity index (χ3n) is 6.52. The number of allylic oxidation sites excluding steroid dienone is 2. The van der Waals surface area contributed by atoms with E-state index in [1.54, 1.807) is 72.8 Å². The van der Waals surface area contributed by atoms with Gasteiger partial charge < -0.3 is 20.4 Å². The average Bonchev–Trinajstić information content (AvgIpc) is 3.01. The number of aliphatic carboxylic acids is 2. The van der Waals surface area contributed by atoms with Gasteiger partial charge in [-0.3, -0.25) is 0 Å². The highest BCUT2D eigenvalue weighted by Crippen LogP contribution is 2.35. The van der Waals surface area contributed by atoms with Crippen molar-refractivity contribution in [3.8, 4) is 0 Å². The van der Waals surface area contributed by atoms with E-state index < -0.39 is 51.7 Å². The maximum Gasteiger partial charge on any atom is 0.337 e. The van der Waals surface area contributed by atoms with Crippen molar-refractivity contribution in [1.82, 2.24) is 0 Å². The standard InChI is InChI=1S/C36H26O8/c37-33(38)28-18-10-17-27(30(28)34(39)40)31(35(41)42)32(36(43)44)29(22-25-15-8-3-9-16-25)26(21-24-13-6-2-7-14-24)20-19-23-11-4-1-5-12-23/h1-22H,(H,37,38)(H,39,40)(H,41,42)(H,43,44). The van der Waals surface area contributed by atoms with E-state index in [-0.39, 0.29) is 5.57 Å². The van der Waals surface area contributed by atoms with Gasteiger partial charge in [0.1, 0.15) is 0 Å². The molecule has 0 atom stereocenters. The number of carboxylic acid groups (broad SMARTS) is 4. The summed E-state index contributed by atoms with van der Waals surface area (Å²) in [7, 11) is 0. The van der Waals surface area contributed by atoms with Crippen molar-refractivity contribution in [3.05, 3.63) is 165 Å². The maximum absolute atomic E-state index is 13.1. The van der Waals surface area contributed by atoms with Gasteiger partial charge in [-0.25, -0.2) is 19.2 Å². The van der Waals surface area contributed by atoms with Crippen molar-refractivity contribution in [2.45, 2.75) is 0 Å². The summed E-state index contributed by atoms with van der Waals surface area (Å²) < 4.78 is 0. The Balaban J connectivity index is 2.16. The van der Waals surface area contributed by atoms with Crippen LogP contribution in [0, 0.1) is 0 Å². The first-order valence-corrected chi connectivity index (χ1v) is 13.3. The van der Waals surface area contributed by atoms with E-state index in [0.29, 0.717) is 16.7 Å². The van der Waals surface area contributed by atoms with Gasteiger partial charge in [0.25, 0.3) is 0 Å². The van der Waals surface area contributed by atoms with Gasteiger partial charge in [-0.2, -0.15) is 0 Å². The zero-order valence-corrected chi connectivity index (χ0v) is 23.1. The third kappa shape index (κ3) is 7.32. The molecule has 0 saturated heterocycles. The van der Waals surface area contributed by atoms with Crippen LogP contribution < -0.4 is 0 Å². The molecule has 0 fully saturated rings. The number of hydrogen-bond donors (Lipinski definition) is 4. The van der Waals surface area contributed by atoms with Crippen LogP contribution in [0.2, 0.25) is 0 Å². The van der Waals surface area contributed by atoms with Crippen LogP contribution in [0.15, 0.2) is 132 Å². The molecule has 0 saturated carbocycles. The van der Waals surface area contributed by atoms with Crippen molar-refractivity contribution in [3.63, 3.8) is 0 Å². The van der Waals surface area contributed by atoms with Crippen molar-refractivity contribution < 1.29 is 39.6 Å². The van der Waals surface area contributed by atoms with Crippen LogP contribution >= 0.6 is 0 Å². The molecule has 4 N–H and O–H groups in total. The van der Waals surface area contributed by atoms with Crippen LogP contribution in [-0.4, -0.2) is 44.3 Å². The Morgan fingerprint density at radius 1 is 0.500 bits per heavy atom. The van der Waals surface area contributed by atoms with Gasteiger partial charge in [0.15, 0.2) is 0 Å². The molecule has 8 nitrogen and oxygen atoms in total. The minimum absolute atomic E-state index is 0.0470. The van der Waals surface area contributed by atoms with Gasteiger partial charge in [-0.1, -0.05) is 115 Å². The van der Waals surface area contributed by atoms with Crippen LogP contribution in [0.4, 0.5) is 0 Å². The van der Waals surface area contributed by atoms with Crippen LogP contribution in [0.1, 0.15) is 43.0 Å². The third-order valence-corrected chi connectivity index (χ3v) is 6.52. The lowest BCUT2D eigenvalue weighted by Crippen LogP contribution is -2.18. The highest BCUT2D eigenvalue weighted by atomic mass is 16.4. The maximum atomic E-state index is 13.1. The molecular weight excluding hydrogens is 560 g/mol. The molecule has 0 amide bonds. The Morgan fingerprint density at radius 3 is 1.48 bits per heavy atom. The number of rotatable bonds is 11. The van der Waals surface area contributed by atoms with Crippen molar-refractivity contribution in [1.29, 1.82) is 0 Å². The average molecular weight is 587 g/mol. The molecule has 0 bridgehead atoms. The van der Waals surface area contributed by atoms with Gasteiger partial charge >= 0.3 is 23.9 Å².